The van der Waals surface area contributed by atoms with Crippen LogP contribution in [0.25, 0.3) is 21.7 Å². The minimum atomic E-state index is 0.0877. The van der Waals surface area contributed by atoms with Crippen LogP contribution in [0.15, 0.2) is 67.0 Å². The van der Waals surface area contributed by atoms with Crippen LogP contribution < -0.4 is 10.6 Å². The molecule has 0 aliphatic heterocycles. The predicted molar refractivity (Wildman–Crippen MR) is 130 cm³/mol. The number of hydrogen-bond donors (Lipinski definition) is 3. The van der Waals surface area contributed by atoms with Crippen molar-refractivity contribution < 1.29 is 9.84 Å². The molecular formula is C26H30N4O2. The first-order valence-corrected chi connectivity index (χ1v) is 11.2. The number of rotatable bonds is 12. The molecule has 6 heteroatoms. The van der Waals surface area contributed by atoms with Gasteiger partial charge in [0.15, 0.2) is 0 Å². The minimum absolute atomic E-state index is 0.0877. The molecule has 0 bridgehead atoms. The Labute approximate surface area is 188 Å². The van der Waals surface area contributed by atoms with Crippen molar-refractivity contribution in [1.82, 2.24) is 15.3 Å². The van der Waals surface area contributed by atoms with Gasteiger partial charge in [-0.05, 0) is 42.6 Å². The minimum Gasteiger partial charge on any atom is -0.392 e. The van der Waals surface area contributed by atoms with E-state index in [-0.39, 0.29) is 6.61 Å². The first-order chi connectivity index (χ1) is 15.8. The second-order valence-electron chi connectivity index (χ2n) is 7.80. The van der Waals surface area contributed by atoms with Gasteiger partial charge in [-0.1, -0.05) is 42.5 Å². The van der Waals surface area contributed by atoms with E-state index in [2.05, 4.69) is 27.8 Å². The Morgan fingerprint density at radius 1 is 0.844 bits per heavy atom. The van der Waals surface area contributed by atoms with Gasteiger partial charge in [0.25, 0.3) is 0 Å². The van der Waals surface area contributed by atoms with Crippen LogP contribution in [0.4, 0.5) is 5.82 Å². The Morgan fingerprint density at radius 3 is 2.69 bits per heavy atom. The van der Waals surface area contributed by atoms with Crippen molar-refractivity contribution in [2.45, 2.75) is 26.0 Å². The number of ether oxygens (including phenoxy) is 1. The van der Waals surface area contributed by atoms with E-state index < -0.39 is 0 Å². The predicted octanol–water partition coefficient (Wildman–Crippen LogP) is 4.27. The van der Waals surface area contributed by atoms with Gasteiger partial charge in [-0.15, -0.1) is 0 Å². The van der Waals surface area contributed by atoms with Gasteiger partial charge in [0.1, 0.15) is 5.82 Å². The number of aliphatic hydroxyl groups is 1. The molecular weight excluding hydrogens is 400 g/mol. The van der Waals surface area contributed by atoms with Crippen molar-refractivity contribution in [3.63, 3.8) is 0 Å². The summed E-state index contributed by atoms with van der Waals surface area (Å²) in [6.45, 7) is 3.96. The standard InChI is InChI=1S/C26H30N4O2/c31-19-21-7-5-6-20(16-21)17-27-11-3-4-14-32-15-13-29-26-23-10-12-28-18-24(23)22-8-1-2-9-25(22)30-26/h1-2,5-10,12,16,18,27,31H,3-4,11,13-15,17,19H2,(H,29,30). The van der Waals surface area contributed by atoms with Crippen molar-refractivity contribution in [3.8, 4) is 0 Å². The first kappa shape index (κ1) is 22.1. The molecule has 4 rings (SSSR count). The highest BCUT2D eigenvalue weighted by atomic mass is 16.5. The molecule has 0 radical (unpaired) electrons. The van der Waals surface area contributed by atoms with Crippen LogP contribution in [0.1, 0.15) is 24.0 Å². The Hall–Kier alpha value is -3.06. The van der Waals surface area contributed by atoms with E-state index in [4.69, 9.17) is 9.72 Å². The lowest BCUT2D eigenvalue weighted by Gasteiger charge is -2.11. The number of para-hydroxylation sites is 1. The van der Waals surface area contributed by atoms with Gasteiger partial charge in [-0.25, -0.2) is 4.98 Å². The summed E-state index contributed by atoms with van der Waals surface area (Å²) >= 11 is 0. The van der Waals surface area contributed by atoms with Gasteiger partial charge >= 0.3 is 0 Å². The highest BCUT2D eigenvalue weighted by Crippen LogP contribution is 2.28. The zero-order chi connectivity index (χ0) is 22.0. The molecule has 0 atom stereocenters. The second kappa shape index (κ2) is 11.5. The highest BCUT2D eigenvalue weighted by Gasteiger charge is 2.07. The normalized spacial score (nSPS) is 11.3. The van der Waals surface area contributed by atoms with E-state index in [0.29, 0.717) is 13.2 Å². The van der Waals surface area contributed by atoms with Gasteiger partial charge < -0.3 is 20.5 Å². The fourth-order valence-electron chi connectivity index (χ4n) is 3.80. The number of nitrogens with one attached hydrogen (secondary N) is 2. The van der Waals surface area contributed by atoms with Crippen LogP contribution in [0.3, 0.4) is 0 Å². The van der Waals surface area contributed by atoms with Gasteiger partial charge in [0, 0.05) is 48.2 Å². The number of anilines is 1. The number of fused-ring (bicyclic) bond motifs is 3. The third-order valence-corrected chi connectivity index (χ3v) is 5.44. The van der Waals surface area contributed by atoms with Crippen LogP contribution in [0, 0.1) is 0 Å². The monoisotopic (exact) mass is 430 g/mol. The number of nitrogens with zero attached hydrogens (tertiary/aromatic N) is 2. The van der Waals surface area contributed by atoms with E-state index in [1.54, 1.807) is 6.20 Å². The fourth-order valence-corrected chi connectivity index (χ4v) is 3.80. The lowest BCUT2D eigenvalue weighted by molar-refractivity contribution is 0.140. The molecule has 4 aromatic rings. The van der Waals surface area contributed by atoms with Crippen LogP contribution >= 0.6 is 0 Å². The number of aromatic nitrogens is 2. The fraction of sp³-hybridized carbons (Fsp3) is 0.308. The van der Waals surface area contributed by atoms with Crippen LogP contribution in [-0.4, -0.2) is 41.4 Å². The highest BCUT2D eigenvalue weighted by molar-refractivity contribution is 6.09. The zero-order valence-corrected chi connectivity index (χ0v) is 18.3. The quantitative estimate of drug-likeness (QED) is 0.230. The van der Waals surface area contributed by atoms with Crippen molar-refractivity contribution in [2.75, 3.05) is 31.6 Å². The molecule has 3 N–H and O–H groups in total. The zero-order valence-electron chi connectivity index (χ0n) is 18.3. The molecule has 2 aromatic heterocycles. The van der Waals surface area contributed by atoms with Gasteiger partial charge in [0.05, 0.1) is 18.7 Å². The molecule has 2 heterocycles. The molecule has 2 aromatic carbocycles. The summed E-state index contributed by atoms with van der Waals surface area (Å²) in [6.07, 6.45) is 5.79. The molecule has 0 aliphatic rings. The molecule has 0 saturated carbocycles. The Kier molecular flexibility index (Phi) is 7.98. The van der Waals surface area contributed by atoms with Crippen LogP contribution in [0.5, 0.6) is 0 Å². The van der Waals surface area contributed by atoms with Crippen molar-refractivity contribution in [3.05, 3.63) is 78.1 Å². The summed E-state index contributed by atoms with van der Waals surface area (Å²) in [6, 6.07) is 18.2. The van der Waals surface area contributed by atoms with Gasteiger partial charge in [-0.2, -0.15) is 0 Å². The molecule has 166 valence electrons. The Morgan fingerprint density at radius 2 is 1.75 bits per heavy atom. The number of hydrogen-bond acceptors (Lipinski definition) is 6. The van der Waals surface area contributed by atoms with E-state index >= 15 is 0 Å². The van der Waals surface area contributed by atoms with E-state index in [9.17, 15) is 5.11 Å². The summed E-state index contributed by atoms with van der Waals surface area (Å²) in [5.74, 6) is 0.874. The van der Waals surface area contributed by atoms with Gasteiger partial charge in [0.2, 0.25) is 0 Å². The lowest BCUT2D eigenvalue weighted by Crippen LogP contribution is -2.16. The smallest absolute Gasteiger partial charge is 0.134 e. The number of aliphatic hydroxyl groups excluding tert-OH is 1. The molecule has 0 aliphatic carbocycles. The topological polar surface area (TPSA) is 79.3 Å². The van der Waals surface area contributed by atoms with E-state index in [0.717, 1.165) is 65.6 Å². The Balaban J connectivity index is 1.14. The molecule has 0 amide bonds. The third kappa shape index (κ3) is 5.79. The summed E-state index contributed by atoms with van der Waals surface area (Å²) in [5, 5.41) is 19.4. The molecule has 32 heavy (non-hydrogen) atoms. The average molecular weight is 431 g/mol. The average Bonchev–Trinajstić information content (AvgIpc) is 2.85. The maximum absolute atomic E-state index is 9.20. The van der Waals surface area contributed by atoms with Crippen molar-refractivity contribution in [1.29, 1.82) is 0 Å². The SMILES string of the molecule is OCc1cccc(CNCCCCOCCNc2nc3ccccc3c3cnccc23)c1. The molecule has 0 saturated heterocycles. The maximum atomic E-state index is 9.20. The molecule has 6 nitrogen and oxygen atoms in total. The van der Waals surface area contributed by atoms with Gasteiger partial charge in [-0.3, -0.25) is 4.98 Å². The molecule has 0 spiro atoms. The van der Waals surface area contributed by atoms with E-state index in [1.165, 1.54) is 5.56 Å². The summed E-state index contributed by atoms with van der Waals surface area (Å²) in [7, 11) is 0. The second-order valence-corrected chi connectivity index (χ2v) is 7.80. The first-order valence-electron chi connectivity index (χ1n) is 11.2. The maximum Gasteiger partial charge on any atom is 0.134 e. The van der Waals surface area contributed by atoms with Crippen molar-refractivity contribution >= 4 is 27.5 Å². The molecule has 0 unspecified atom stereocenters. The summed E-state index contributed by atoms with van der Waals surface area (Å²) < 4.78 is 5.79. The number of pyridine rings is 2. The van der Waals surface area contributed by atoms with E-state index in [1.807, 2.05) is 48.7 Å². The Bertz CT molecular complexity index is 1150. The molecule has 0 fully saturated rings. The van der Waals surface area contributed by atoms with Crippen molar-refractivity contribution in [2.24, 2.45) is 0 Å². The number of benzene rings is 2. The lowest BCUT2D eigenvalue weighted by atomic mass is 10.1. The summed E-state index contributed by atoms with van der Waals surface area (Å²) in [4.78, 5) is 9.08. The summed E-state index contributed by atoms with van der Waals surface area (Å²) in [5.41, 5.74) is 3.12. The largest absolute Gasteiger partial charge is 0.392 e. The number of unbranched alkanes of at least 4 members (excludes halogenated alkanes) is 1. The van der Waals surface area contributed by atoms with Crippen LogP contribution in [0.2, 0.25) is 0 Å². The third-order valence-electron chi connectivity index (χ3n) is 5.44. The van der Waals surface area contributed by atoms with Crippen LogP contribution in [-0.2, 0) is 17.9 Å².